The molecular formula is C35H34N4O5. The van der Waals surface area contributed by atoms with E-state index in [4.69, 9.17) is 20.6 Å². The van der Waals surface area contributed by atoms with Crippen molar-refractivity contribution in [2.75, 3.05) is 18.5 Å². The minimum atomic E-state index is -0.627. The van der Waals surface area contributed by atoms with Crippen molar-refractivity contribution in [3.63, 3.8) is 0 Å². The van der Waals surface area contributed by atoms with Crippen molar-refractivity contribution in [3.05, 3.63) is 125 Å². The maximum atomic E-state index is 13.6. The Hall–Kier alpha value is -5.28. The number of rotatable bonds is 9. The summed E-state index contributed by atoms with van der Waals surface area (Å²) in [6.45, 7) is 5.04. The van der Waals surface area contributed by atoms with E-state index < -0.39 is 11.9 Å². The van der Waals surface area contributed by atoms with E-state index in [9.17, 15) is 14.4 Å². The number of amidine groups is 1. The van der Waals surface area contributed by atoms with Crippen molar-refractivity contribution in [3.8, 4) is 11.1 Å². The number of nitrogens with one attached hydrogen (secondary N) is 3. The largest absolute Gasteiger partial charge is 0.457 e. The quantitative estimate of drug-likeness (QED) is 0.117. The van der Waals surface area contributed by atoms with Crippen LogP contribution in [0.3, 0.4) is 0 Å². The number of hydrogen-bond acceptors (Lipinski definition) is 6. The Balaban J connectivity index is 1.48. The van der Waals surface area contributed by atoms with Crippen molar-refractivity contribution in [1.29, 1.82) is 5.41 Å². The van der Waals surface area contributed by atoms with E-state index in [-0.39, 0.29) is 40.9 Å². The molecule has 224 valence electrons. The molecule has 5 N–H and O–H groups in total. The molecule has 0 radical (unpaired) electrons. The van der Waals surface area contributed by atoms with Crippen LogP contribution in [-0.2, 0) is 16.1 Å². The second kappa shape index (κ2) is 12.9. The van der Waals surface area contributed by atoms with Gasteiger partial charge in [-0.25, -0.2) is 4.79 Å². The molecule has 0 bridgehead atoms. The first-order valence-corrected chi connectivity index (χ1v) is 14.2. The van der Waals surface area contributed by atoms with Gasteiger partial charge in [-0.3, -0.25) is 15.0 Å². The summed E-state index contributed by atoms with van der Waals surface area (Å²) in [5.41, 5.74) is 8.89. The first kappa shape index (κ1) is 30.2. The fourth-order valence-electron chi connectivity index (χ4n) is 4.98. The van der Waals surface area contributed by atoms with Gasteiger partial charge in [0.15, 0.2) is 0 Å². The number of carbonyl (C=O) groups excluding carboxylic acids is 3. The van der Waals surface area contributed by atoms with E-state index in [0.29, 0.717) is 41.2 Å². The van der Waals surface area contributed by atoms with E-state index in [1.165, 1.54) is 6.07 Å². The Kier molecular flexibility index (Phi) is 8.87. The van der Waals surface area contributed by atoms with Gasteiger partial charge in [-0.1, -0.05) is 68.4 Å². The van der Waals surface area contributed by atoms with Crippen LogP contribution in [0.1, 0.15) is 56.0 Å². The third-order valence-electron chi connectivity index (χ3n) is 7.64. The molecule has 1 aliphatic heterocycles. The molecule has 4 aromatic carbocycles. The molecule has 44 heavy (non-hydrogen) atoms. The van der Waals surface area contributed by atoms with Gasteiger partial charge in [0.1, 0.15) is 12.4 Å². The van der Waals surface area contributed by atoms with Crippen molar-refractivity contribution in [2.45, 2.75) is 26.5 Å². The predicted molar refractivity (Wildman–Crippen MR) is 169 cm³/mol. The lowest BCUT2D eigenvalue weighted by Crippen LogP contribution is -2.44. The summed E-state index contributed by atoms with van der Waals surface area (Å²) in [6.07, 6.45) is 0. The van der Waals surface area contributed by atoms with Gasteiger partial charge >= 0.3 is 5.97 Å². The van der Waals surface area contributed by atoms with Crippen LogP contribution in [-0.4, -0.2) is 42.9 Å². The lowest BCUT2D eigenvalue weighted by molar-refractivity contribution is 0.0473. The third kappa shape index (κ3) is 6.85. The maximum absolute atomic E-state index is 13.6. The fraction of sp³-hybridized carbons (Fsp3) is 0.200. The Bertz CT molecular complexity index is 1700. The number of carbonyl (C=O) groups is 3. The smallest absolute Gasteiger partial charge is 0.339 e. The standard InChI is InChI=1S/C35H34N4O5/c1-35(2)21-43-20-30(35)39-32(40)24-14-17-27(29(18-24)34(42)44-19-22-8-4-3-5-9-22)26-10-6-7-11-28(26)33(41)38-25-15-12-23(13-16-25)31(36)37/h3-18,30H,19-21H2,1-2H3,(H3,36,37)(H,38,41)(H,39,40). The van der Waals surface area contributed by atoms with Crippen LogP contribution < -0.4 is 16.4 Å². The number of ether oxygens (including phenoxy) is 2. The SMILES string of the molecule is CC1(C)COCC1NC(=O)c1ccc(-c2ccccc2C(=O)Nc2ccc(C(=N)N)cc2)c(C(=O)OCc2ccccc2)c1. The van der Waals surface area contributed by atoms with Crippen molar-refractivity contribution in [2.24, 2.45) is 11.1 Å². The molecular weight excluding hydrogens is 556 g/mol. The summed E-state index contributed by atoms with van der Waals surface area (Å²) in [7, 11) is 0. The van der Waals surface area contributed by atoms with Crippen molar-refractivity contribution < 1.29 is 23.9 Å². The molecule has 5 rings (SSSR count). The number of hydrogen-bond donors (Lipinski definition) is 4. The van der Waals surface area contributed by atoms with E-state index in [0.717, 1.165) is 5.56 Å². The van der Waals surface area contributed by atoms with Gasteiger partial charge in [0.2, 0.25) is 0 Å². The molecule has 9 heteroatoms. The summed E-state index contributed by atoms with van der Waals surface area (Å²) in [5.74, 6) is -1.43. The van der Waals surface area contributed by atoms with Gasteiger partial charge in [0.25, 0.3) is 11.8 Å². The number of nitrogen functional groups attached to an aromatic ring is 1. The Labute approximate surface area is 255 Å². The molecule has 1 aliphatic rings. The van der Waals surface area contributed by atoms with Gasteiger partial charge in [0, 0.05) is 27.8 Å². The highest BCUT2D eigenvalue weighted by Gasteiger charge is 2.37. The zero-order chi connectivity index (χ0) is 31.3. The molecule has 2 amide bonds. The van der Waals surface area contributed by atoms with Crippen molar-refractivity contribution >= 4 is 29.3 Å². The van der Waals surface area contributed by atoms with Gasteiger partial charge in [-0.2, -0.15) is 0 Å². The number of esters is 1. The second-order valence-electron chi connectivity index (χ2n) is 11.3. The number of nitrogens with two attached hydrogens (primary N) is 1. The van der Waals surface area contributed by atoms with Gasteiger partial charge in [-0.15, -0.1) is 0 Å². The molecule has 4 aromatic rings. The van der Waals surface area contributed by atoms with Crippen LogP contribution in [0.25, 0.3) is 11.1 Å². The summed E-state index contributed by atoms with van der Waals surface area (Å²) in [4.78, 5) is 40.4. The first-order valence-electron chi connectivity index (χ1n) is 14.2. The monoisotopic (exact) mass is 590 g/mol. The van der Waals surface area contributed by atoms with Crippen LogP contribution in [0.4, 0.5) is 5.69 Å². The van der Waals surface area contributed by atoms with Gasteiger partial charge in [-0.05, 0) is 59.2 Å². The minimum Gasteiger partial charge on any atom is -0.457 e. The summed E-state index contributed by atoms with van der Waals surface area (Å²) in [6, 6.07) is 27.5. The zero-order valence-corrected chi connectivity index (χ0v) is 24.6. The van der Waals surface area contributed by atoms with Gasteiger partial charge in [0.05, 0.1) is 24.8 Å². The highest BCUT2D eigenvalue weighted by atomic mass is 16.5. The average molecular weight is 591 g/mol. The second-order valence-corrected chi connectivity index (χ2v) is 11.3. The highest BCUT2D eigenvalue weighted by molar-refractivity contribution is 6.11. The molecule has 9 nitrogen and oxygen atoms in total. The maximum Gasteiger partial charge on any atom is 0.339 e. The molecule has 1 atom stereocenters. The molecule has 0 saturated carbocycles. The first-order chi connectivity index (χ1) is 21.1. The lowest BCUT2D eigenvalue weighted by Gasteiger charge is -2.25. The molecule has 1 heterocycles. The highest BCUT2D eigenvalue weighted by Crippen LogP contribution is 2.31. The van der Waals surface area contributed by atoms with E-state index in [1.807, 2.05) is 44.2 Å². The van der Waals surface area contributed by atoms with Crippen LogP contribution in [0, 0.1) is 10.8 Å². The molecule has 1 unspecified atom stereocenters. The van der Waals surface area contributed by atoms with Crippen LogP contribution in [0.5, 0.6) is 0 Å². The summed E-state index contributed by atoms with van der Waals surface area (Å²) < 4.78 is 11.3. The molecule has 0 aromatic heterocycles. The average Bonchev–Trinajstić information content (AvgIpc) is 3.37. The van der Waals surface area contributed by atoms with E-state index in [1.54, 1.807) is 60.7 Å². The lowest BCUT2D eigenvalue weighted by atomic mass is 9.87. The van der Waals surface area contributed by atoms with E-state index >= 15 is 0 Å². The van der Waals surface area contributed by atoms with Crippen LogP contribution in [0.2, 0.25) is 0 Å². The molecule has 1 fully saturated rings. The third-order valence-corrected chi connectivity index (χ3v) is 7.64. The van der Waals surface area contributed by atoms with Crippen LogP contribution in [0.15, 0.2) is 97.1 Å². The Morgan fingerprint density at radius 1 is 0.864 bits per heavy atom. The zero-order valence-electron chi connectivity index (χ0n) is 24.6. The topological polar surface area (TPSA) is 144 Å². The molecule has 0 spiro atoms. The normalized spacial score (nSPS) is 15.3. The number of benzene rings is 4. The predicted octanol–water partition coefficient (Wildman–Crippen LogP) is 5.40. The molecule has 1 saturated heterocycles. The fourth-order valence-corrected chi connectivity index (χ4v) is 4.98. The Morgan fingerprint density at radius 2 is 1.52 bits per heavy atom. The number of amides is 2. The number of anilines is 1. The Morgan fingerprint density at radius 3 is 2.20 bits per heavy atom. The van der Waals surface area contributed by atoms with E-state index in [2.05, 4.69) is 10.6 Å². The van der Waals surface area contributed by atoms with Gasteiger partial charge < -0.3 is 25.8 Å². The van der Waals surface area contributed by atoms with Crippen LogP contribution >= 0.6 is 0 Å². The summed E-state index contributed by atoms with van der Waals surface area (Å²) >= 11 is 0. The minimum absolute atomic E-state index is 0.0432. The summed E-state index contributed by atoms with van der Waals surface area (Å²) in [5, 5.41) is 13.5. The molecule has 0 aliphatic carbocycles. The van der Waals surface area contributed by atoms with Crippen molar-refractivity contribution in [1.82, 2.24) is 5.32 Å².